The van der Waals surface area contributed by atoms with Crippen molar-refractivity contribution in [1.82, 2.24) is 29.3 Å². The van der Waals surface area contributed by atoms with E-state index in [9.17, 15) is 28.3 Å². The summed E-state index contributed by atoms with van der Waals surface area (Å²) in [7, 11) is -15.2. The van der Waals surface area contributed by atoms with Crippen molar-refractivity contribution in [3.8, 4) is 0 Å². The number of amides is 1. The number of hydrogen-bond donors (Lipinski definition) is 7. The van der Waals surface area contributed by atoms with Crippen LogP contribution in [0.15, 0.2) is 18.6 Å². The number of fused-ring (bicyclic) bond motifs is 2. The summed E-state index contributed by atoms with van der Waals surface area (Å²) in [6.07, 6.45) is -3.35. The Morgan fingerprint density at radius 2 is 1.88 bits per heavy atom. The van der Waals surface area contributed by atoms with Crippen molar-refractivity contribution in [2.75, 3.05) is 17.7 Å². The predicted molar refractivity (Wildman–Crippen MR) is 136 cm³/mol. The number of hydrogen-bond acceptors (Lipinski definition) is 15. The lowest BCUT2D eigenvalue weighted by Gasteiger charge is -2.22. The molecule has 0 bridgehead atoms. The second-order valence-corrected chi connectivity index (χ2v) is 13.4. The summed E-state index contributed by atoms with van der Waals surface area (Å²) >= 11 is 5.18. The lowest BCUT2D eigenvalue weighted by molar-refractivity contribution is -0.166. The summed E-state index contributed by atoms with van der Waals surface area (Å²) < 4.78 is 67.4. The highest BCUT2D eigenvalue weighted by Gasteiger charge is 2.56. The molecule has 5 heterocycles. The maximum absolute atomic E-state index is 12.9. The van der Waals surface area contributed by atoms with Crippen LogP contribution in [0.3, 0.4) is 0 Å². The van der Waals surface area contributed by atoms with Crippen LogP contribution in [-0.4, -0.2) is 86.0 Å². The first-order valence-corrected chi connectivity index (χ1v) is 16.2. The molecule has 42 heavy (non-hydrogen) atoms. The molecular formula is C16H21N8O14P3S. The van der Waals surface area contributed by atoms with Gasteiger partial charge in [-0.1, -0.05) is 12.2 Å². The molecular weight excluding hydrogens is 653 g/mol. The molecule has 5 rings (SSSR count). The van der Waals surface area contributed by atoms with Gasteiger partial charge in [0.05, 0.1) is 12.9 Å². The number of nitrogens with one attached hydrogen (secondary N) is 2. The van der Waals surface area contributed by atoms with Gasteiger partial charge in [0.15, 0.2) is 22.6 Å². The highest BCUT2D eigenvalue weighted by atomic mass is 32.1. The van der Waals surface area contributed by atoms with E-state index in [1.807, 2.05) is 0 Å². The molecule has 2 aliphatic rings. The number of anilines is 2. The molecule has 0 radical (unpaired) electrons. The number of H-pyrrole nitrogens is 1. The molecule has 2 saturated heterocycles. The molecule has 8 N–H and O–H groups in total. The van der Waals surface area contributed by atoms with Crippen LogP contribution in [0.25, 0.3) is 11.2 Å². The van der Waals surface area contributed by atoms with Gasteiger partial charge in [-0.2, -0.15) is 13.7 Å². The minimum absolute atomic E-state index is 0.0517. The molecule has 230 valence electrons. The van der Waals surface area contributed by atoms with E-state index in [0.29, 0.717) is 0 Å². The third kappa shape index (κ3) is 6.85. The second-order valence-electron chi connectivity index (χ2n) is 8.63. The van der Waals surface area contributed by atoms with Crippen LogP contribution in [0, 0.1) is 4.64 Å². The number of imidazole rings is 1. The van der Waals surface area contributed by atoms with E-state index < -0.39 is 66.8 Å². The van der Waals surface area contributed by atoms with Crippen molar-refractivity contribution in [2.45, 2.75) is 30.8 Å². The Balaban J connectivity index is 1.38. The van der Waals surface area contributed by atoms with Gasteiger partial charge in [0.25, 0.3) is 5.91 Å². The van der Waals surface area contributed by atoms with Gasteiger partial charge in [-0.25, -0.2) is 23.7 Å². The molecule has 2 aliphatic heterocycles. The number of nitrogens with zero attached hydrogens (tertiary/aromatic N) is 5. The summed E-state index contributed by atoms with van der Waals surface area (Å²) in [5.74, 6) is -0.610. The van der Waals surface area contributed by atoms with Crippen LogP contribution in [0.1, 0.15) is 6.23 Å². The van der Waals surface area contributed by atoms with E-state index >= 15 is 0 Å². The van der Waals surface area contributed by atoms with Crippen molar-refractivity contribution in [3.63, 3.8) is 0 Å². The van der Waals surface area contributed by atoms with E-state index in [1.54, 1.807) is 13.2 Å². The monoisotopic (exact) mass is 674 g/mol. The molecule has 0 spiro atoms. The van der Waals surface area contributed by atoms with Gasteiger partial charge < -0.3 is 49.8 Å². The normalized spacial score (nSPS) is 27.0. The number of nitrogens with two attached hydrogens (primary N) is 1. The smallest absolute Gasteiger partial charge is 0.369 e. The number of nitrogen functional groups attached to an aromatic ring is 1. The van der Waals surface area contributed by atoms with Crippen molar-refractivity contribution >= 4 is 64.5 Å². The Morgan fingerprint density at radius 3 is 2.55 bits per heavy atom. The number of rotatable bonds is 10. The van der Waals surface area contributed by atoms with Gasteiger partial charge in [-0.15, -0.1) is 0 Å². The van der Waals surface area contributed by atoms with E-state index in [4.69, 9.17) is 46.5 Å². The van der Waals surface area contributed by atoms with Gasteiger partial charge >= 0.3 is 23.5 Å². The van der Waals surface area contributed by atoms with Crippen LogP contribution < -0.4 is 11.1 Å². The quantitative estimate of drug-likeness (QED) is 0.108. The topological polar surface area (TPSA) is 307 Å². The second kappa shape index (κ2) is 11.2. The van der Waals surface area contributed by atoms with Crippen molar-refractivity contribution < 1.29 is 65.4 Å². The average Bonchev–Trinajstić information content (AvgIpc) is 3.59. The molecule has 0 saturated carbocycles. The zero-order valence-corrected chi connectivity index (χ0v) is 24.3. The lowest BCUT2D eigenvalue weighted by Crippen LogP contribution is -2.34. The number of carbonyl (C=O) groups excluding carboxylic acids is 1. The molecule has 3 aromatic heterocycles. The first-order valence-electron chi connectivity index (χ1n) is 11.3. The van der Waals surface area contributed by atoms with Gasteiger partial charge in [0.2, 0.25) is 6.29 Å². The van der Waals surface area contributed by atoms with Gasteiger partial charge in [-0.3, -0.25) is 18.6 Å². The molecule has 22 nitrogen and oxygen atoms in total. The number of phosphoric ester groups is 1. The Kier molecular flexibility index (Phi) is 8.28. The zero-order chi connectivity index (χ0) is 30.6. The largest absolute Gasteiger partial charge is 0.490 e. The number of phosphoric acid groups is 3. The number of carbonyl (C=O) groups is 1. The molecule has 0 aromatic carbocycles. The summed E-state index contributed by atoms with van der Waals surface area (Å²) in [5.41, 5.74) is 6.26. The van der Waals surface area contributed by atoms with Gasteiger partial charge in [0.1, 0.15) is 29.5 Å². The Labute approximate surface area is 238 Å². The lowest BCUT2D eigenvalue weighted by atomic mass is 10.1. The fourth-order valence-corrected chi connectivity index (χ4v) is 7.38. The van der Waals surface area contributed by atoms with E-state index in [0.717, 1.165) is 0 Å². The minimum Gasteiger partial charge on any atom is -0.369 e. The molecule has 3 unspecified atom stereocenters. The summed E-state index contributed by atoms with van der Waals surface area (Å²) in [6, 6.07) is 1.52. The fourth-order valence-electron chi connectivity index (χ4n) is 4.10. The fraction of sp³-hybridized carbons (Fsp3) is 0.438. The molecule has 1 amide bonds. The SMILES string of the molecule is Cn1ccc(NC(=O)C2O[C@@H]3[C@H](O2)[C@@H](COP(=O)(O)OP(=O)(O)OP(=O)(O)O)O[C@H]3n2cnc3c(=S)nc(N)[nH]c32)n1. The predicted octanol–water partition coefficient (Wildman–Crippen LogP) is -0.206. The first kappa shape index (κ1) is 31.0. The zero-order valence-electron chi connectivity index (χ0n) is 20.8. The molecule has 3 aromatic rings. The summed E-state index contributed by atoms with van der Waals surface area (Å²) in [4.78, 5) is 60.4. The van der Waals surface area contributed by atoms with Gasteiger partial charge in [-0.05, 0) is 0 Å². The average molecular weight is 674 g/mol. The standard InChI is InChI=1S/C16H21N8O14P3S/c1-23-3-2-7(22-23)19-12(25)15-35-9-6(4-33-40(29,30)38-41(31,32)37-39(26,27)28)34-14(10(9)36-15)24-5-18-8-11(24)20-16(17)21-13(8)42/h2-3,5-6,9-10,14-15H,4H2,1H3,(H,29,30)(H,31,32)(H,19,22,25)(H2,26,27,28)(H3,17,20,21,42)/t6-,9-,10-,14-,15?/m1/s1. The Hall–Kier alpha value is -2.46. The van der Waals surface area contributed by atoms with Crippen molar-refractivity contribution in [1.29, 1.82) is 0 Å². The first-order chi connectivity index (χ1) is 19.5. The molecule has 0 aliphatic carbocycles. The van der Waals surface area contributed by atoms with Crippen LogP contribution in [-0.2, 0) is 52.9 Å². The van der Waals surface area contributed by atoms with Crippen molar-refractivity contribution in [3.05, 3.63) is 23.2 Å². The summed E-state index contributed by atoms with van der Waals surface area (Å²) in [5, 5.41) is 6.54. The Bertz CT molecular complexity index is 1720. The number of ether oxygens (including phenoxy) is 3. The maximum atomic E-state index is 12.9. The van der Waals surface area contributed by atoms with E-state index in [2.05, 4.69) is 34.0 Å². The van der Waals surface area contributed by atoms with Crippen molar-refractivity contribution in [2.24, 2.45) is 7.05 Å². The maximum Gasteiger partial charge on any atom is 0.490 e. The minimum atomic E-state index is -5.76. The number of aromatic nitrogens is 6. The third-order valence-electron chi connectivity index (χ3n) is 5.58. The summed E-state index contributed by atoms with van der Waals surface area (Å²) in [6.45, 7) is -0.883. The number of aromatic amines is 1. The molecule has 26 heteroatoms. The highest BCUT2D eigenvalue weighted by Crippen LogP contribution is 2.66. The highest BCUT2D eigenvalue weighted by molar-refractivity contribution is 7.71. The van der Waals surface area contributed by atoms with Crippen LogP contribution >= 0.6 is 35.7 Å². The van der Waals surface area contributed by atoms with E-state index in [1.165, 1.54) is 21.6 Å². The van der Waals surface area contributed by atoms with Crippen LogP contribution in [0.5, 0.6) is 0 Å². The number of aryl methyl sites for hydroxylation is 1. The van der Waals surface area contributed by atoms with E-state index in [-0.39, 0.29) is 27.6 Å². The van der Waals surface area contributed by atoms with Crippen LogP contribution in [0.2, 0.25) is 0 Å². The molecule has 7 atom stereocenters. The molecule has 2 fully saturated rings. The van der Waals surface area contributed by atoms with Crippen LogP contribution in [0.4, 0.5) is 11.8 Å². The third-order valence-corrected chi connectivity index (χ3v) is 9.67. The van der Waals surface area contributed by atoms with Gasteiger partial charge in [0, 0.05) is 19.3 Å². The Morgan fingerprint density at radius 1 is 1.17 bits per heavy atom.